The molecule has 0 N–H and O–H groups in total. The number of nitrogens with zero attached hydrogens (tertiary/aromatic N) is 1. The van der Waals surface area contributed by atoms with Crippen LogP contribution < -0.4 is 10.4 Å². The molecular formula is C23H25NO5S. The summed E-state index contributed by atoms with van der Waals surface area (Å²) in [5.41, 5.74) is 3.08. The fraction of sp³-hybridized carbons (Fsp3) is 0.348. The molecule has 3 aromatic rings. The summed E-state index contributed by atoms with van der Waals surface area (Å²) in [6.07, 6.45) is 0.594. The van der Waals surface area contributed by atoms with Crippen molar-refractivity contribution in [2.24, 2.45) is 0 Å². The van der Waals surface area contributed by atoms with Crippen molar-refractivity contribution in [1.82, 2.24) is 4.90 Å². The smallest absolute Gasteiger partial charge is 0.336 e. The number of ether oxygens (including phenoxy) is 1. The predicted octanol–water partition coefficient (Wildman–Crippen LogP) is 3.30. The lowest BCUT2D eigenvalue weighted by Crippen LogP contribution is -2.35. The molecule has 0 spiro atoms. The minimum absolute atomic E-state index is 0.0927. The molecule has 1 atom stereocenters. The second kappa shape index (κ2) is 8.24. The molecule has 0 unspecified atom stereocenters. The summed E-state index contributed by atoms with van der Waals surface area (Å²) in [7, 11) is -1.41. The van der Waals surface area contributed by atoms with Gasteiger partial charge in [-0.2, -0.15) is 0 Å². The van der Waals surface area contributed by atoms with E-state index in [1.54, 1.807) is 7.11 Å². The lowest BCUT2D eigenvalue weighted by Gasteiger charge is -2.28. The number of hydrogen-bond acceptors (Lipinski definition) is 6. The maximum atomic E-state index is 12.2. The van der Waals surface area contributed by atoms with Crippen molar-refractivity contribution in [3.05, 3.63) is 75.6 Å². The Labute approximate surface area is 176 Å². The average molecular weight is 428 g/mol. The summed E-state index contributed by atoms with van der Waals surface area (Å²) in [6, 6.07) is 15.0. The Kier molecular flexibility index (Phi) is 5.66. The molecule has 7 heteroatoms. The first kappa shape index (κ1) is 20.6. The molecule has 0 bridgehead atoms. The number of hydrogen-bond donors (Lipinski definition) is 0. The zero-order chi connectivity index (χ0) is 21.3. The van der Waals surface area contributed by atoms with Gasteiger partial charge in [0.05, 0.1) is 18.6 Å². The third-order valence-electron chi connectivity index (χ3n) is 5.63. The fourth-order valence-corrected chi connectivity index (χ4v) is 5.79. The number of benzene rings is 2. The van der Waals surface area contributed by atoms with E-state index in [-0.39, 0.29) is 17.5 Å². The van der Waals surface area contributed by atoms with Gasteiger partial charge in [-0.25, -0.2) is 13.2 Å². The van der Waals surface area contributed by atoms with Crippen LogP contribution in [0.4, 0.5) is 0 Å². The summed E-state index contributed by atoms with van der Waals surface area (Å²) < 4.78 is 34.9. The number of rotatable bonds is 6. The zero-order valence-corrected chi connectivity index (χ0v) is 17.9. The van der Waals surface area contributed by atoms with E-state index in [0.717, 1.165) is 27.8 Å². The third kappa shape index (κ3) is 4.57. The highest BCUT2D eigenvalue weighted by Gasteiger charge is 2.32. The summed E-state index contributed by atoms with van der Waals surface area (Å²) in [5.74, 6) is 1.12. The molecule has 2 heterocycles. The first-order valence-electron chi connectivity index (χ1n) is 9.94. The molecule has 1 saturated heterocycles. The Morgan fingerprint density at radius 3 is 2.53 bits per heavy atom. The molecular weight excluding hydrogens is 402 g/mol. The molecule has 0 aliphatic carbocycles. The van der Waals surface area contributed by atoms with Crippen LogP contribution in [0.15, 0.2) is 57.7 Å². The second-order valence-corrected chi connectivity index (χ2v) is 10.1. The Morgan fingerprint density at radius 1 is 1.10 bits per heavy atom. The molecule has 4 rings (SSSR count). The minimum atomic E-state index is -3.03. The van der Waals surface area contributed by atoms with Gasteiger partial charge in [-0.3, -0.25) is 4.90 Å². The molecule has 1 aliphatic rings. The molecule has 1 fully saturated rings. The van der Waals surface area contributed by atoms with E-state index in [1.165, 1.54) is 6.07 Å². The van der Waals surface area contributed by atoms with Crippen molar-refractivity contribution in [2.75, 3.05) is 18.6 Å². The van der Waals surface area contributed by atoms with Gasteiger partial charge in [-0.15, -0.1) is 0 Å². The Hall–Kier alpha value is -2.64. The highest BCUT2D eigenvalue weighted by atomic mass is 32.2. The second-order valence-electron chi connectivity index (χ2n) is 7.90. The van der Waals surface area contributed by atoms with Gasteiger partial charge in [0.1, 0.15) is 11.3 Å². The largest absolute Gasteiger partial charge is 0.497 e. The molecule has 1 aromatic heterocycles. The van der Waals surface area contributed by atoms with Gasteiger partial charge in [-0.05, 0) is 48.2 Å². The number of aryl methyl sites for hydroxylation is 1. The topological polar surface area (TPSA) is 76.8 Å². The zero-order valence-electron chi connectivity index (χ0n) is 17.1. The lowest BCUT2D eigenvalue weighted by molar-refractivity contribution is 0.194. The van der Waals surface area contributed by atoms with Crippen molar-refractivity contribution in [2.45, 2.75) is 32.5 Å². The Morgan fingerprint density at radius 2 is 1.87 bits per heavy atom. The number of methoxy groups -OCH3 is 1. The van der Waals surface area contributed by atoms with Gasteiger partial charge in [0.25, 0.3) is 0 Å². The normalized spacial score (nSPS) is 18.2. The van der Waals surface area contributed by atoms with Gasteiger partial charge in [0, 0.05) is 30.6 Å². The van der Waals surface area contributed by atoms with Crippen molar-refractivity contribution in [1.29, 1.82) is 0 Å². The lowest BCUT2D eigenvalue weighted by atomic mass is 10.1. The minimum Gasteiger partial charge on any atom is -0.497 e. The molecule has 0 amide bonds. The summed E-state index contributed by atoms with van der Waals surface area (Å²) in [6.45, 7) is 3.00. The van der Waals surface area contributed by atoms with E-state index < -0.39 is 15.5 Å². The van der Waals surface area contributed by atoms with E-state index in [9.17, 15) is 13.2 Å². The van der Waals surface area contributed by atoms with Crippen LogP contribution in [0.2, 0.25) is 0 Å². The first-order chi connectivity index (χ1) is 14.3. The van der Waals surface area contributed by atoms with Crippen molar-refractivity contribution in [3.63, 3.8) is 0 Å². The molecule has 0 saturated carbocycles. The SMILES string of the molecule is COc1ccc(CN(Cc2cc(=O)oc3cc(C)ccc23)[C@H]2CCS(=O)(=O)C2)cc1. The maximum absolute atomic E-state index is 12.2. The standard InChI is InChI=1S/C23H25NO5S/c1-16-3-8-21-18(12-23(25)29-22(21)11-16)14-24(19-9-10-30(26,27)15-19)13-17-4-6-20(28-2)7-5-17/h3-8,11-12,19H,9-10,13-15H2,1-2H3/t19-/m0/s1. The van der Waals surface area contributed by atoms with E-state index in [1.807, 2.05) is 49.4 Å². The van der Waals surface area contributed by atoms with Crippen molar-refractivity contribution < 1.29 is 17.6 Å². The third-order valence-corrected chi connectivity index (χ3v) is 7.38. The van der Waals surface area contributed by atoms with Gasteiger partial charge in [0.2, 0.25) is 0 Å². The van der Waals surface area contributed by atoms with Gasteiger partial charge in [-0.1, -0.05) is 24.3 Å². The van der Waals surface area contributed by atoms with Gasteiger partial charge < -0.3 is 9.15 Å². The van der Waals surface area contributed by atoms with E-state index in [0.29, 0.717) is 25.1 Å². The highest BCUT2D eigenvalue weighted by molar-refractivity contribution is 7.91. The molecule has 0 radical (unpaired) electrons. The van der Waals surface area contributed by atoms with Crippen LogP contribution in [0.1, 0.15) is 23.1 Å². The van der Waals surface area contributed by atoms with E-state index in [2.05, 4.69) is 4.90 Å². The molecule has 2 aromatic carbocycles. The Balaban J connectivity index is 1.69. The average Bonchev–Trinajstić information content (AvgIpc) is 3.07. The predicted molar refractivity (Wildman–Crippen MR) is 117 cm³/mol. The number of sulfone groups is 1. The summed E-state index contributed by atoms with van der Waals surface area (Å²) >= 11 is 0. The van der Waals surface area contributed by atoms with Crippen molar-refractivity contribution >= 4 is 20.8 Å². The first-order valence-corrected chi connectivity index (χ1v) is 11.8. The maximum Gasteiger partial charge on any atom is 0.336 e. The summed E-state index contributed by atoms with van der Waals surface area (Å²) in [4.78, 5) is 14.3. The van der Waals surface area contributed by atoms with Crippen molar-refractivity contribution in [3.8, 4) is 5.75 Å². The van der Waals surface area contributed by atoms with Crippen LogP contribution in [0.5, 0.6) is 5.75 Å². The van der Waals surface area contributed by atoms with Crippen LogP contribution in [-0.2, 0) is 22.9 Å². The molecule has 6 nitrogen and oxygen atoms in total. The monoisotopic (exact) mass is 427 g/mol. The van der Waals surface area contributed by atoms with Gasteiger partial charge >= 0.3 is 5.63 Å². The van der Waals surface area contributed by atoms with Crippen LogP contribution in [0.3, 0.4) is 0 Å². The summed E-state index contributed by atoms with van der Waals surface area (Å²) in [5, 5.41) is 0.876. The van der Waals surface area contributed by atoms with Crippen LogP contribution in [0.25, 0.3) is 11.0 Å². The van der Waals surface area contributed by atoms with E-state index >= 15 is 0 Å². The Bertz CT molecular complexity index is 1210. The molecule has 1 aliphatic heterocycles. The number of fused-ring (bicyclic) bond motifs is 1. The van der Waals surface area contributed by atoms with Crippen LogP contribution in [-0.4, -0.2) is 38.0 Å². The molecule has 158 valence electrons. The van der Waals surface area contributed by atoms with E-state index in [4.69, 9.17) is 9.15 Å². The fourth-order valence-electron chi connectivity index (χ4n) is 4.03. The van der Waals surface area contributed by atoms with Crippen LogP contribution in [0, 0.1) is 6.92 Å². The van der Waals surface area contributed by atoms with Crippen LogP contribution >= 0.6 is 0 Å². The quantitative estimate of drug-likeness (QED) is 0.562. The molecule has 30 heavy (non-hydrogen) atoms. The highest BCUT2D eigenvalue weighted by Crippen LogP contribution is 2.26. The van der Waals surface area contributed by atoms with Gasteiger partial charge in [0.15, 0.2) is 9.84 Å².